The zero-order valence-corrected chi connectivity index (χ0v) is 25.1. The first-order valence-electron chi connectivity index (χ1n) is 11.7. The minimum Gasteiger partial charge on any atom is -0.543 e. The summed E-state index contributed by atoms with van der Waals surface area (Å²) in [7, 11) is -0.814. The highest BCUT2D eigenvalue weighted by Crippen LogP contribution is 2.46. The molecule has 0 aliphatic carbocycles. The summed E-state index contributed by atoms with van der Waals surface area (Å²) in [6.07, 6.45) is 0. The van der Waals surface area contributed by atoms with Crippen LogP contribution in [0.1, 0.15) is 66.9 Å². The van der Waals surface area contributed by atoms with Gasteiger partial charge in [-0.15, -0.1) is 0 Å². The second-order valence-corrected chi connectivity index (χ2v) is 16.1. The molecule has 1 heterocycles. The van der Waals surface area contributed by atoms with Crippen molar-refractivity contribution in [3.05, 3.63) is 34.5 Å². The number of carboxylic acids is 1. The Hall–Kier alpha value is -2.31. The van der Waals surface area contributed by atoms with Crippen molar-refractivity contribution in [3.8, 4) is 11.5 Å². The highest BCUT2D eigenvalue weighted by molar-refractivity contribution is 7.98. The number of benzene rings is 1. The molecule has 0 amide bonds. The van der Waals surface area contributed by atoms with Crippen LogP contribution in [0.3, 0.4) is 0 Å². The number of aromatic nitrogens is 2. The third kappa shape index (κ3) is 6.71. The molecule has 1 aromatic heterocycles. The SMILES string of the molecule is COc1cc(O[Si](C)(C)C(C)(C)C(C)C)c(CSCC(NC(N)=S)c2nc(C)no2)c(C(=O)O)c1C. The highest BCUT2D eigenvalue weighted by atomic mass is 32.2. The maximum atomic E-state index is 12.4. The fourth-order valence-electron chi connectivity index (χ4n) is 3.70. The first-order chi connectivity index (χ1) is 16.6. The van der Waals surface area contributed by atoms with Crippen LogP contribution in [0.15, 0.2) is 10.6 Å². The van der Waals surface area contributed by atoms with Gasteiger partial charge in [-0.1, -0.05) is 32.9 Å². The van der Waals surface area contributed by atoms with E-state index < -0.39 is 20.3 Å². The van der Waals surface area contributed by atoms with E-state index in [1.54, 1.807) is 13.8 Å². The van der Waals surface area contributed by atoms with Gasteiger partial charge >= 0.3 is 5.97 Å². The van der Waals surface area contributed by atoms with Crippen molar-refractivity contribution in [1.29, 1.82) is 0 Å². The molecule has 4 N–H and O–H groups in total. The lowest BCUT2D eigenvalue weighted by molar-refractivity contribution is 0.0694. The van der Waals surface area contributed by atoms with Crippen molar-refractivity contribution in [2.24, 2.45) is 11.7 Å². The molecule has 200 valence electrons. The normalized spacial score (nSPS) is 12.9. The number of carbonyl (C=O) groups is 1. The van der Waals surface area contributed by atoms with Crippen molar-refractivity contribution in [2.45, 2.75) is 71.5 Å². The van der Waals surface area contributed by atoms with E-state index in [9.17, 15) is 9.90 Å². The summed E-state index contributed by atoms with van der Waals surface area (Å²) in [5.41, 5.74) is 7.07. The number of ether oxygens (including phenoxy) is 1. The maximum absolute atomic E-state index is 12.4. The van der Waals surface area contributed by atoms with Crippen LogP contribution < -0.4 is 20.2 Å². The van der Waals surface area contributed by atoms with Gasteiger partial charge in [-0.25, -0.2) is 4.79 Å². The maximum Gasteiger partial charge on any atom is 0.336 e. The smallest absolute Gasteiger partial charge is 0.336 e. The van der Waals surface area contributed by atoms with E-state index in [2.05, 4.69) is 56.2 Å². The quantitative estimate of drug-likeness (QED) is 0.235. The van der Waals surface area contributed by atoms with Gasteiger partial charge in [0.2, 0.25) is 5.89 Å². The van der Waals surface area contributed by atoms with Crippen LogP contribution in [0.5, 0.6) is 11.5 Å². The Labute approximate surface area is 224 Å². The molecule has 0 saturated carbocycles. The average molecular weight is 555 g/mol. The second kappa shape index (κ2) is 11.8. The van der Waals surface area contributed by atoms with Crippen molar-refractivity contribution in [2.75, 3.05) is 12.9 Å². The number of carboxylic acid groups (broad SMARTS) is 1. The number of methoxy groups -OCH3 is 1. The van der Waals surface area contributed by atoms with Gasteiger partial charge in [-0.3, -0.25) is 0 Å². The van der Waals surface area contributed by atoms with E-state index >= 15 is 0 Å². The van der Waals surface area contributed by atoms with Crippen molar-refractivity contribution < 1.29 is 23.6 Å². The van der Waals surface area contributed by atoms with Gasteiger partial charge in [-0.05, 0) is 50.1 Å². The largest absolute Gasteiger partial charge is 0.543 e. The molecule has 0 aliphatic rings. The minimum atomic E-state index is -2.35. The molecule has 0 aliphatic heterocycles. The Bertz CT molecular complexity index is 1100. The Morgan fingerprint density at radius 1 is 1.33 bits per heavy atom. The van der Waals surface area contributed by atoms with Crippen molar-refractivity contribution >= 4 is 43.4 Å². The van der Waals surface area contributed by atoms with Gasteiger partial charge in [-0.2, -0.15) is 16.7 Å². The standard InChI is InChI=1S/C24H38N4O5S2Si/c1-13(2)24(5,6)36(8,9)33-19-10-18(31-7)14(3)20(22(29)30)16(19)11-35-12-17(27-23(25)34)21-26-15(4)28-32-21/h10,13,17H,11-12H2,1-9H3,(H,29,30)(H3,25,27,34). The molecule has 2 rings (SSSR count). The molecule has 0 bridgehead atoms. The number of hydrogen-bond acceptors (Lipinski definition) is 8. The summed E-state index contributed by atoms with van der Waals surface area (Å²) >= 11 is 6.51. The molecular weight excluding hydrogens is 517 g/mol. The lowest BCUT2D eigenvalue weighted by atomic mass is 9.99. The van der Waals surface area contributed by atoms with E-state index in [1.807, 2.05) is 6.07 Å². The Morgan fingerprint density at radius 2 is 1.97 bits per heavy atom. The summed E-state index contributed by atoms with van der Waals surface area (Å²) in [6, 6.07) is 1.39. The first-order valence-corrected chi connectivity index (χ1v) is 16.2. The molecule has 36 heavy (non-hydrogen) atoms. The molecule has 0 saturated heterocycles. The summed E-state index contributed by atoms with van der Waals surface area (Å²) in [4.78, 5) is 16.7. The lowest BCUT2D eigenvalue weighted by Gasteiger charge is -2.43. The number of aromatic carboxylic acids is 1. The van der Waals surface area contributed by atoms with Gasteiger partial charge in [0.05, 0.1) is 12.7 Å². The van der Waals surface area contributed by atoms with Gasteiger partial charge in [0.15, 0.2) is 10.9 Å². The molecule has 0 spiro atoms. The van der Waals surface area contributed by atoms with Crippen molar-refractivity contribution in [3.63, 3.8) is 0 Å². The number of thioether (sulfide) groups is 1. The van der Waals surface area contributed by atoms with Gasteiger partial charge in [0.1, 0.15) is 17.5 Å². The first kappa shape index (κ1) is 29.9. The van der Waals surface area contributed by atoms with Crippen LogP contribution in [-0.2, 0) is 5.75 Å². The zero-order valence-electron chi connectivity index (χ0n) is 22.5. The fraction of sp³-hybridized carbons (Fsp3) is 0.583. The number of rotatable bonds is 12. The van der Waals surface area contributed by atoms with Crippen LogP contribution in [0.25, 0.3) is 0 Å². The second-order valence-electron chi connectivity index (χ2n) is 10.1. The number of nitrogens with two attached hydrogens (primary N) is 1. The number of aryl methyl sites for hydroxylation is 1. The third-order valence-electron chi connectivity index (χ3n) is 7.09. The summed E-state index contributed by atoms with van der Waals surface area (Å²) in [5, 5.41) is 17.0. The molecule has 0 fully saturated rings. The van der Waals surface area contributed by atoms with E-state index in [1.165, 1.54) is 18.9 Å². The third-order valence-corrected chi connectivity index (χ3v) is 12.7. The predicted molar refractivity (Wildman–Crippen MR) is 150 cm³/mol. The highest BCUT2D eigenvalue weighted by Gasteiger charge is 2.45. The summed E-state index contributed by atoms with van der Waals surface area (Å²) in [6.45, 7) is 16.6. The number of nitrogens with one attached hydrogen (secondary N) is 1. The molecule has 0 radical (unpaired) electrons. The van der Waals surface area contributed by atoms with E-state index in [0.717, 1.165) is 0 Å². The average Bonchev–Trinajstić information content (AvgIpc) is 3.19. The predicted octanol–water partition coefficient (Wildman–Crippen LogP) is 5.22. The van der Waals surface area contributed by atoms with Crippen LogP contribution >= 0.6 is 24.0 Å². The molecule has 12 heteroatoms. The summed E-state index contributed by atoms with van der Waals surface area (Å²) in [5.74, 6) is 2.07. The Morgan fingerprint density at radius 3 is 2.44 bits per heavy atom. The van der Waals surface area contributed by atoms with Gasteiger partial charge in [0, 0.05) is 28.7 Å². The van der Waals surface area contributed by atoms with Crippen LogP contribution in [0, 0.1) is 19.8 Å². The van der Waals surface area contributed by atoms with Crippen LogP contribution in [0.4, 0.5) is 0 Å². The Balaban J connectivity index is 2.47. The molecule has 1 unspecified atom stereocenters. The minimum absolute atomic E-state index is 0.0689. The van der Waals surface area contributed by atoms with E-state index in [-0.39, 0.29) is 15.7 Å². The summed E-state index contributed by atoms with van der Waals surface area (Å²) < 4.78 is 17.6. The molecule has 1 atom stereocenters. The molecule has 1 aromatic carbocycles. The number of hydrogen-bond donors (Lipinski definition) is 3. The molecular formula is C24H38N4O5S2Si. The van der Waals surface area contributed by atoms with E-state index in [0.29, 0.717) is 51.8 Å². The van der Waals surface area contributed by atoms with Crippen LogP contribution in [0.2, 0.25) is 18.1 Å². The Kier molecular flexibility index (Phi) is 9.82. The monoisotopic (exact) mass is 554 g/mol. The lowest BCUT2D eigenvalue weighted by Crippen LogP contribution is -2.48. The number of nitrogens with zero attached hydrogens (tertiary/aromatic N) is 2. The van der Waals surface area contributed by atoms with Crippen LogP contribution in [-0.4, -0.2) is 47.5 Å². The zero-order chi connectivity index (χ0) is 27.4. The van der Waals surface area contributed by atoms with E-state index in [4.69, 9.17) is 31.6 Å². The fourth-order valence-corrected chi connectivity index (χ4v) is 7.30. The topological polar surface area (TPSA) is 133 Å². The molecule has 9 nitrogen and oxygen atoms in total. The van der Waals surface area contributed by atoms with Crippen molar-refractivity contribution in [1.82, 2.24) is 15.5 Å². The van der Waals surface area contributed by atoms with Gasteiger partial charge in [0.25, 0.3) is 8.32 Å². The van der Waals surface area contributed by atoms with Gasteiger partial charge < -0.3 is 29.8 Å². The molecule has 2 aromatic rings. The number of thiocarbonyl (C=S) groups is 1.